The summed E-state index contributed by atoms with van der Waals surface area (Å²) in [7, 11) is 1.40. The molecule has 1 rings (SSSR count). The Morgan fingerprint density at radius 2 is 1.89 bits per heavy atom. The molecule has 106 valence electrons. The molecule has 4 nitrogen and oxygen atoms in total. The standard InChI is InChI=1S/C15H23NO3/c1-4-10-16-14(15(17)18-3)12-6-8-13(9-7-12)19-11-5-2/h6-9,14,16H,4-5,10-11H2,1-3H3. The minimum atomic E-state index is -0.412. The van der Waals surface area contributed by atoms with Gasteiger partial charge in [0, 0.05) is 0 Å². The van der Waals surface area contributed by atoms with E-state index in [0.717, 1.165) is 30.7 Å². The second kappa shape index (κ2) is 8.53. The van der Waals surface area contributed by atoms with Gasteiger partial charge in [0.05, 0.1) is 13.7 Å². The van der Waals surface area contributed by atoms with Crippen LogP contribution in [0, 0.1) is 0 Å². The van der Waals surface area contributed by atoms with Crippen LogP contribution in [0.5, 0.6) is 5.75 Å². The molecular weight excluding hydrogens is 242 g/mol. The van der Waals surface area contributed by atoms with Gasteiger partial charge in [-0.2, -0.15) is 0 Å². The molecule has 0 saturated carbocycles. The van der Waals surface area contributed by atoms with E-state index in [4.69, 9.17) is 9.47 Å². The van der Waals surface area contributed by atoms with Crippen LogP contribution in [0.3, 0.4) is 0 Å². The summed E-state index contributed by atoms with van der Waals surface area (Å²) in [6.07, 6.45) is 1.94. The van der Waals surface area contributed by atoms with Gasteiger partial charge >= 0.3 is 5.97 Å². The molecule has 1 aromatic carbocycles. The lowest BCUT2D eigenvalue weighted by Gasteiger charge is -2.16. The molecule has 0 bridgehead atoms. The Morgan fingerprint density at radius 3 is 2.42 bits per heavy atom. The van der Waals surface area contributed by atoms with E-state index < -0.39 is 6.04 Å². The fourth-order valence-corrected chi connectivity index (χ4v) is 1.72. The van der Waals surface area contributed by atoms with Gasteiger partial charge in [-0.15, -0.1) is 0 Å². The van der Waals surface area contributed by atoms with Gasteiger partial charge in [-0.1, -0.05) is 26.0 Å². The van der Waals surface area contributed by atoms with E-state index in [-0.39, 0.29) is 5.97 Å². The third kappa shape index (κ3) is 4.91. The highest BCUT2D eigenvalue weighted by atomic mass is 16.5. The van der Waals surface area contributed by atoms with Gasteiger partial charge in [0.15, 0.2) is 0 Å². The first-order chi connectivity index (χ1) is 9.22. The Hall–Kier alpha value is -1.55. The van der Waals surface area contributed by atoms with Gasteiger partial charge < -0.3 is 14.8 Å². The molecule has 1 unspecified atom stereocenters. The summed E-state index contributed by atoms with van der Waals surface area (Å²) in [5.74, 6) is 0.556. The van der Waals surface area contributed by atoms with Crippen LogP contribution in [0.15, 0.2) is 24.3 Å². The quantitative estimate of drug-likeness (QED) is 0.734. The minimum Gasteiger partial charge on any atom is -0.494 e. The van der Waals surface area contributed by atoms with Crippen molar-refractivity contribution < 1.29 is 14.3 Å². The van der Waals surface area contributed by atoms with Gasteiger partial charge in [0.25, 0.3) is 0 Å². The van der Waals surface area contributed by atoms with Crippen LogP contribution in [-0.4, -0.2) is 26.2 Å². The average molecular weight is 265 g/mol. The molecular formula is C15H23NO3. The van der Waals surface area contributed by atoms with E-state index in [1.54, 1.807) is 0 Å². The highest BCUT2D eigenvalue weighted by Gasteiger charge is 2.20. The monoisotopic (exact) mass is 265 g/mol. The lowest BCUT2D eigenvalue weighted by Crippen LogP contribution is -2.30. The summed E-state index contributed by atoms with van der Waals surface area (Å²) in [6.45, 7) is 5.60. The first-order valence-corrected chi connectivity index (χ1v) is 6.76. The highest BCUT2D eigenvalue weighted by molar-refractivity contribution is 5.77. The Balaban J connectivity index is 2.75. The number of carbonyl (C=O) groups excluding carboxylic acids is 1. The zero-order chi connectivity index (χ0) is 14.1. The second-order valence-electron chi connectivity index (χ2n) is 4.33. The second-order valence-corrected chi connectivity index (χ2v) is 4.33. The normalized spacial score (nSPS) is 11.9. The fourth-order valence-electron chi connectivity index (χ4n) is 1.72. The smallest absolute Gasteiger partial charge is 0.327 e. The third-order valence-corrected chi connectivity index (χ3v) is 2.72. The number of nitrogens with one attached hydrogen (secondary N) is 1. The van der Waals surface area contributed by atoms with Crippen molar-refractivity contribution in [2.75, 3.05) is 20.3 Å². The molecule has 0 fully saturated rings. The van der Waals surface area contributed by atoms with Crippen LogP contribution in [0.4, 0.5) is 0 Å². The van der Waals surface area contributed by atoms with Crippen molar-refractivity contribution >= 4 is 5.97 Å². The highest BCUT2D eigenvalue weighted by Crippen LogP contribution is 2.19. The molecule has 0 amide bonds. The molecule has 4 heteroatoms. The Bertz CT molecular complexity index is 375. The lowest BCUT2D eigenvalue weighted by molar-refractivity contribution is -0.143. The van der Waals surface area contributed by atoms with Crippen molar-refractivity contribution in [3.63, 3.8) is 0 Å². The molecule has 0 saturated heterocycles. The number of hydrogen-bond acceptors (Lipinski definition) is 4. The van der Waals surface area contributed by atoms with Crippen LogP contribution < -0.4 is 10.1 Å². The maximum absolute atomic E-state index is 11.8. The fraction of sp³-hybridized carbons (Fsp3) is 0.533. The molecule has 0 radical (unpaired) electrons. The topological polar surface area (TPSA) is 47.6 Å². The number of methoxy groups -OCH3 is 1. The van der Waals surface area contributed by atoms with Crippen LogP contribution in [0.25, 0.3) is 0 Å². The number of ether oxygens (including phenoxy) is 2. The molecule has 0 spiro atoms. The average Bonchev–Trinajstić information content (AvgIpc) is 2.46. The van der Waals surface area contributed by atoms with Crippen LogP contribution >= 0.6 is 0 Å². The maximum atomic E-state index is 11.8. The Morgan fingerprint density at radius 1 is 1.21 bits per heavy atom. The van der Waals surface area contributed by atoms with E-state index in [9.17, 15) is 4.79 Å². The van der Waals surface area contributed by atoms with E-state index in [1.165, 1.54) is 7.11 Å². The van der Waals surface area contributed by atoms with Crippen molar-refractivity contribution in [2.24, 2.45) is 0 Å². The molecule has 0 heterocycles. The van der Waals surface area contributed by atoms with Gasteiger partial charge in [0.1, 0.15) is 11.8 Å². The third-order valence-electron chi connectivity index (χ3n) is 2.72. The zero-order valence-electron chi connectivity index (χ0n) is 11.9. The molecule has 19 heavy (non-hydrogen) atoms. The van der Waals surface area contributed by atoms with Crippen molar-refractivity contribution in [3.8, 4) is 5.75 Å². The van der Waals surface area contributed by atoms with Crippen LogP contribution in [-0.2, 0) is 9.53 Å². The minimum absolute atomic E-state index is 0.268. The zero-order valence-corrected chi connectivity index (χ0v) is 11.9. The number of esters is 1. The molecule has 1 atom stereocenters. The predicted octanol–water partition coefficient (Wildman–Crippen LogP) is 2.69. The van der Waals surface area contributed by atoms with Crippen molar-refractivity contribution in [3.05, 3.63) is 29.8 Å². The molecule has 0 aliphatic rings. The van der Waals surface area contributed by atoms with Gasteiger partial charge in [-0.25, -0.2) is 4.79 Å². The number of rotatable bonds is 8. The van der Waals surface area contributed by atoms with Crippen LogP contribution in [0.1, 0.15) is 38.3 Å². The summed E-state index contributed by atoms with van der Waals surface area (Å²) < 4.78 is 10.3. The lowest BCUT2D eigenvalue weighted by atomic mass is 10.1. The van der Waals surface area contributed by atoms with E-state index in [0.29, 0.717) is 6.61 Å². The molecule has 0 aliphatic heterocycles. The summed E-state index contributed by atoms with van der Waals surface area (Å²) in [5.41, 5.74) is 0.893. The SMILES string of the molecule is CCCNC(C(=O)OC)c1ccc(OCCC)cc1. The van der Waals surface area contributed by atoms with Crippen LogP contribution in [0.2, 0.25) is 0 Å². The Kier molecular flexibility index (Phi) is 6.97. The predicted molar refractivity (Wildman–Crippen MR) is 75.3 cm³/mol. The van der Waals surface area contributed by atoms with E-state index in [1.807, 2.05) is 24.3 Å². The number of benzene rings is 1. The van der Waals surface area contributed by atoms with Gasteiger partial charge in [-0.05, 0) is 37.1 Å². The molecule has 0 aliphatic carbocycles. The summed E-state index contributed by atoms with van der Waals surface area (Å²) >= 11 is 0. The largest absolute Gasteiger partial charge is 0.494 e. The van der Waals surface area contributed by atoms with Gasteiger partial charge in [0.2, 0.25) is 0 Å². The Labute approximate surface area is 115 Å². The maximum Gasteiger partial charge on any atom is 0.327 e. The van der Waals surface area contributed by atoms with Crippen molar-refractivity contribution in [1.29, 1.82) is 0 Å². The molecule has 1 aromatic rings. The van der Waals surface area contributed by atoms with Crippen molar-refractivity contribution in [2.45, 2.75) is 32.7 Å². The summed E-state index contributed by atoms with van der Waals surface area (Å²) in [5, 5.41) is 3.18. The van der Waals surface area contributed by atoms with Crippen molar-refractivity contribution in [1.82, 2.24) is 5.32 Å². The number of carbonyl (C=O) groups is 1. The number of hydrogen-bond donors (Lipinski definition) is 1. The van der Waals surface area contributed by atoms with E-state index >= 15 is 0 Å². The first-order valence-electron chi connectivity index (χ1n) is 6.76. The summed E-state index contributed by atoms with van der Waals surface area (Å²) in [6, 6.07) is 7.15. The van der Waals surface area contributed by atoms with Gasteiger partial charge in [-0.3, -0.25) is 0 Å². The first kappa shape index (κ1) is 15.5. The molecule has 0 aromatic heterocycles. The molecule has 1 N–H and O–H groups in total. The summed E-state index contributed by atoms with van der Waals surface area (Å²) in [4.78, 5) is 11.8. The van der Waals surface area contributed by atoms with E-state index in [2.05, 4.69) is 19.2 Å².